The molecule has 1 atom stereocenters. The normalized spacial score (nSPS) is 28.7. The highest BCUT2D eigenvalue weighted by atomic mass is 79.9. The first-order chi connectivity index (χ1) is 7.90. The summed E-state index contributed by atoms with van der Waals surface area (Å²) < 4.78 is 0. The number of hydrogen-bond acceptors (Lipinski definition) is 2. The summed E-state index contributed by atoms with van der Waals surface area (Å²) in [6.07, 6.45) is 8.41. The van der Waals surface area contributed by atoms with Gasteiger partial charge < -0.3 is 4.90 Å². The van der Waals surface area contributed by atoms with E-state index in [0.29, 0.717) is 0 Å². The Labute approximate surface area is 108 Å². The molecule has 2 aliphatic heterocycles. The summed E-state index contributed by atoms with van der Waals surface area (Å²) in [6.45, 7) is 6.71. The van der Waals surface area contributed by atoms with Crippen LogP contribution in [0, 0.1) is 0 Å². The van der Waals surface area contributed by atoms with Crippen molar-refractivity contribution in [2.75, 3.05) is 38.1 Å². The first-order valence-corrected chi connectivity index (χ1v) is 8.04. The number of likely N-dealkylation sites (tertiary alicyclic amines) is 2. The molecule has 0 aliphatic carbocycles. The van der Waals surface area contributed by atoms with Crippen LogP contribution in [0.15, 0.2) is 0 Å². The van der Waals surface area contributed by atoms with Gasteiger partial charge in [0.15, 0.2) is 0 Å². The highest BCUT2D eigenvalue weighted by Gasteiger charge is 2.27. The molecule has 2 rings (SSSR count). The summed E-state index contributed by atoms with van der Waals surface area (Å²) in [5, 5.41) is 1.16. The van der Waals surface area contributed by atoms with E-state index < -0.39 is 0 Å². The maximum atomic E-state index is 3.51. The van der Waals surface area contributed by atoms with Crippen molar-refractivity contribution in [2.24, 2.45) is 0 Å². The fourth-order valence-electron chi connectivity index (χ4n) is 3.03. The fraction of sp³-hybridized carbons (Fsp3) is 1.00. The standard InChI is InChI=1S/C13H25BrN2/c14-7-2-5-8-15-11-6-13(12-15)16-9-3-1-4-10-16/h13H,1-12H2. The van der Waals surface area contributed by atoms with Gasteiger partial charge in [-0.05, 0) is 58.3 Å². The van der Waals surface area contributed by atoms with Crippen LogP contribution in [-0.2, 0) is 0 Å². The van der Waals surface area contributed by atoms with Crippen LogP contribution in [0.4, 0.5) is 0 Å². The lowest BCUT2D eigenvalue weighted by Crippen LogP contribution is -2.40. The van der Waals surface area contributed by atoms with Gasteiger partial charge in [0.05, 0.1) is 0 Å². The van der Waals surface area contributed by atoms with E-state index in [-0.39, 0.29) is 0 Å². The van der Waals surface area contributed by atoms with Gasteiger partial charge in [0.1, 0.15) is 0 Å². The molecule has 2 saturated heterocycles. The summed E-state index contributed by atoms with van der Waals surface area (Å²) >= 11 is 3.51. The quantitative estimate of drug-likeness (QED) is 0.567. The predicted octanol–water partition coefficient (Wildman–Crippen LogP) is 2.72. The molecule has 94 valence electrons. The highest BCUT2D eigenvalue weighted by molar-refractivity contribution is 9.09. The highest BCUT2D eigenvalue weighted by Crippen LogP contribution is 2.20. The van der Waals surface area contributed by atoms with Crippen LogP contribution < -0.4 is 0 Å². The summed E-state index contributed by atoms with van der Waals surface area (Å²) in [5.41, 5.74) is 0. The van der Waals surface area contributed by atoms with Crippen molar-refractivity contribution in [3.63, 3.8) is 0 Å². The minimum Gasteiger partial charge on any atom is -0.302 e. The molecule has 0 amide bonds. The van der Waals surface area contributed by atoms with Crippen molar-refractivity contribution >= 4 is 15.9 Å². The third-order valence-corrected chi connectivity index (χ3v) is 4.57. The van der Waals surface area contributed by atoms with Gasteiger partial charge in [0.25, 0.3) is 0 Å². The number of nitrogens with zero attached hydrogens (tertiary/aromatic N) is 2. The van der Waals surface area contributed by atoms with Crippen LogP contribution in [0.5, 0.6) is 0 Å². The second kappa shape index (κ2) is 6.97. The molecule has 0 bridgehead atoms. The average molecular weight is 289 g/mol. The van der Waals surface area contributed by atoms with Crippen LogP contribution >= 0.6 is 15.9 Å². The molecule has 0 N–H and O–H groups in total. The van der Waals surface area contributed by atoms with Crippen molar-refractivity contribution in [3.05, 3.63) is 0 Å². The molecule has 0 aromatic rings. The number of rotatable bonds is 5. The molecule has 2 aliphatic rings. The smallest absolute Gasteiger partial charge is 0.0235 e. The van der Waals surface area contributed by atoms with E-state index in [1.54, 1.807) is 0 Å². The summed E-state index contributed by atoms with van der Waals surface area (Å²) in [4.78, 5) is 5.41. The van der Waals surface area contributed by atoms with Crippen LogP contribution in [-0.4, -0.2) is 53.9 Å². The van der Waals surface area contributed by atoms with Gasteiger partial charge in [-0.25, -0.2) is 0 Å². The number of piperidine rings is 1. The maximum absolute atomic E-state index is 3.51. The van der Waals surface area contributed by atoms with Gasteiger partial charge in [-0.15, -0.1) is 0 Å². The van der Waals surface area contributed by atoms with Crippen LogP contribution in [0.2, 0.25) is 0 Å². The summed E-state index contributed by atoms with van der Waals surface area (Å²) in [7, 11) is 0. The lowest BCUT2D eigenvalue weighted by atomic mass is 10.1. The van der Waals surface area contributed by atoms with E-state index in [0.717, 1.165) is 11.4 Å². The van der Waals surface area contributed by atoms with E-state index in [1.165, 1.54) is 71.2 Å². The van der Waals surface area contributed by atoms with Gasteiger partial charge in [-0.3, -0.25) is 4.90 Å². The van der Waals surface area contributed by atoms with Crippen molar-refractivity contribution in [1.82, 2.24) is 9.80 Å². The van der Waals surface area contributed by atoms with Gasteiger partial charge in [-0.1, -0.05) is 22.4 Å². The molecule has 2 fully saturated rings. The second-order valence-electron chi connectivity index (χ2n) is 5.24. The van der Waals surface area contributed by atoms with Crippen LogP contribution in [0.1, 0.15) is 38.5 Å². The van der Waals surface area contributed by atoms with Crippen molar-refractivity contribution in [2.45, 2.75) is 44.6 Å². The Kier molecular flexibility index (Phi) is 5.60. The Balaban J connectivity index is 1.66. The van der Waals surface area contributed by atoms with Gasteiger partial charge in [0, 0.05) is 17.9 Å². The zero-order chi connectivity index (χ0) is 11.2. The minimum atomic E-state index is 0.879. The molecule has 3 heteroatoms. The third kappa shape index (κ3) is 3.71. The second-order valence-corrected chi connectivity index (χ2v) is 6.03. The first kappa shape index (κ1) is 12.8. The number of unbranched alkanes of at least 4 members (excludes halogenated alkanes) is 1. The Bertz CT molecular complexity index is 192. The van der Waals surface area contributed by atoms with Gasteiger partial charge >= 0.3 is 0 Å². The molecule has 1 unspecified atom stereocenters. The number of hydrogen-bond donors (Lipinski definition) is 0. The maximum Gasteiger partial charge on any atom is 0.0235 e. The molecule has 0 aromatic heterocycles. The van der Waals surface area contributed by atoms with E-state index in [1.807, 2.05) is 0 Å². The predicted molar refractivity (Wildman–Crippen MR) is 73.3 cm³/mol. The Hall–Kier alpha value is 0.400. The van der Waals surface area contributed by atoms with Crippen molar-refractivity contribution in [1.29, 1.82) is 0 Å². The zero-order valence-corrected chi connectivity index (χ0v) is 11.9. The van der Waals surface area contributed by atoms with Crippen LogP contribution in [0.3, 0.4) is 0 Å². The van der Waals surface area contributed by atoms with Gasteiger partial charge in [0.2, 0.25) is 0 Å². The zero-order valence-electron chi connectivity index (χ0n) is 10.3. The molecule has 0 radical (unpaired) electrons. The Morgan fingerprint density at radius 2 is 1.81 bits per heavy atom. The Morgan fingerprint density at radius 1 is 1.00 bits per heavy atom. The topological polar surface area (TPSA) is 6.48 Å². The van der Waals surface area contributed by atoms with Gasteiger partial charge in [-0.2, -0.15) is 0 Å². The lowest BCUT2D eigenvalue weighted by Gasteiger charge is -2.32. The third-order valence-electron chi connectivity index (χ3n) is 4.01. The lowest BCUT2D eigenvalue weighted by molar-refractivity contribution is 0.162. The fourth-order valence-corrected chi connectivity index (χ4v) is 3.42. The summed E-state index contributed by atoms with van der Waals surface area (Å²) in [5.74, 6) is 0. The van der Waals surface area contributed by atoms with E-state index in [4.69, 9.17) is 0 Å². The SMILES string of the molecule is BrCCCCN1CCC(N2CCCCC2)C1. The van der Waals surface area contributed by atoms with Crippen molar-refractivity contribution in [3.8, 4) is 0 Å². The monoisotopic (exact) mass is 288 g/mol. The van der Waals surface area contributed by atoms with Crippen molar-refractivity contribution < 1.29 is 0 Å². The van der Waals surface area contributed by atoms with E-state index in [9.17, 15) is 0 Å². The number of alkyl halides is 1. The molecular weight excluding hydrogens is 264 g/mol. The van der Waals surface area contributed by atoms with E-state index in [2.05, 4.69) is 25.7 Å². The molecule has 2 nitrogen and oxygen atoms in total. The first-order valence-electron chi connectivity index (χ1n) is 6.92. The molecule has 2 heterocycles. The molecular formula is C13H25BrN2. The average Bonchev–Trinajstić information content (AvgIpc) is 2.79. The molecule has 16 heavy (non-hydrogen) atoms. The molecule has 0 aromatic carbocycles. The van der Waals surface area contributed by atoms with E-state index >= 15 is 0 Å². The Morgan fingerprint density at radius 3 is 2.56 bits per heavy atom. The number of halogens is 1. The minimum absolute atomic E-state index is 0.879. The molecule has 0 saturated carbocycles. The molecule has 0 spiro atoms. The largest absolute Gasteiger partial charge is 0.302 e. The van der Waals surface area contributed by atoms with Crippen LogP contribution in [0.25, 0.3) is 0 Å². The summed E-state index contributed by atoms with van der Waals surface area (Å²) in [6, 6.07) is 0.879.